The van der Waals surface area contributed by atoms with Gasteiger partial charge in [0.15, 0.2) is 0 Å². The number of carbonyl (C=O) groups excluding carboxylic acids is 1. The molecular weight excluding hydrogens is 261 g/mol. The van der Waals surface area contributed by atoms with Crippen molar-refractivity contribution in [2.45, 2.75) is 6.92 Å². The van der Waals surface area contributed by atoms with E-state index in [2.05, 4.69) is 9.50 Å². The molecule has 0 saturated heterocycles. The third kappa shape index (κ3) is 6.58. The normalized spacial score (nSPS) is 10.1. The summed E-state index contributed by atoms with van der Waals surface area (Å²) in [6.45, 7) is 1.34. The van der Waals surface area contributed by atoms with E-state index in [-0.39, 0.29) is 63.0 Å². The average Bonchev–Trinajstić information content (AvgIpc) is 2.05. The molecule has 1 aromatic carbocycles. The molecule has 1 rings (SSSR count). The maximum Gasteiger partial charge on any atom is 1.00 e. The zero-order valence-electron chi connectivity index (χ0n) is 8.76. The number of nitrogens with one attached hydrogen (secondary N) is 1. The van der Waals surface area contributed by atoms with E-state index in [1.165, 1.54) is 31.2 Å². The van der Waals surface area contributed by atoms with Crippen LogP contribution in [0.1, 0.15) is 6.92 Å². The molecule has 0 heterocycles. The van der Waals surface area contributed by atoms with Crippen LogP contribution in [0, 0.1) is 0 Å². The first-order valence-electron chi connectivity index (χ1n) is 3.90. The van der Waals surface area contributed by atoms with Crippen LogP contribution in [-0.4, -0.2) is 18.9 Å². The summed E-state index contributed by atoms with van der Waals surface area (Å²) in [7, 11) is -4.75. The van der Waals surface area contributed by atoms with Crippen molar-refractivity contribution in [3.05, 3.63) is 24.3 Å². The van der Waals surface area contributed by atoms with E-state index < -0.39 is 10.4 Å². The molecule has 0 radical (unpaired) electrons. The van der Waals surface area contributed by atoms with E-state index in [0.717, 1.165) is 0 Å². The molecule has 0 spiro atoms. The molecule has 0 aliphatic heterocycles. The first kappa shape index (κ1) is 16.0. The fourth-order valence-corrected chi connectivity index (χ4v) is 1.26. The minimum absolute atomic E-state index is 0. The molecule has 0 unspecified atom stereocenters. The SMILES string of the molecule is CC(=O)Nc1ccc(OS(=O)(=O)[O-])cc1.[K+]. The molecule has 0 fully saturated rings. The molecule has 1 amide bonds. The minimum Gasteiger partial charge on any atom is -0.716 e. The van der Waals surface area contributed by atoms with Gasteiger partial charge in [-0.15, -0.1) is 0 Å². The Hall–Kier alpha value is 0.0364. The van der Waals surface area contributed by atoms with Gasteiger partial charge in [-0.2, -0.15) is 0 Å². The van der Waals surface area contributed by atoms with Gasteiger partial charge in [-0.05, 0) is 24.3 Å². The zero-order chi connectivity index (χ0) is 11.5. The predicted octanol–water partition coefficient (Wildman–Crippen LogP) is -2.51. The molecule has 8 heteroatoms. The first-order valence-corrected chi connectivity index (χ1v) is 5.23. The Morgan fingerprint density at radius 3 is 2.19 bits per heavy atom. The van der Waals surface area contributed by atoms with E-state index in [4.69, 9.17) is 0 Å². The predicted molar refractivity (Wildman–Crippen MR) is 51.1 cm³/mol. The fraction of sp³-hybridized carbons (Fsp3) is 0.125. The Morgan fingerprint density at radius 2 is 1.81 bits per heavy atom. The van der Waals surface area contributed by atoms with Crippen LogP contribution in [0.25, 0.3) is 0 Å². The van der Waals surface area contributed by atoms with Crippen molar-refractivity contribution in [2.75, 3.05) is 5.32 Å². The van der Waals surface area contributed by atoms with Crippen molar-refractivity contribution >= 4 is 22.0 Å². The Balaban J connectivity index is 0.00000225. The number of rotatable bonds is 3. The number of hydrogen-bond acceptors (Lipinski definition) is 5. The molecule has 1 N–H and O–H groups in total. The summed E-state index contributed by atoms with van der Waals surface area (Å²) < 4.78 is 34.7. The summed E-state index contributed by atoms with van der Waals surface area (Å²) in [5.41, 5.74) is 0.484. The van der Waals surface area contributed by atoms with Gasteiger partial charge >= 0.3 is 51.4 Å². The molecule has 0 aliphatic carbocycles. The van der Waals surface area contributed by atoms with E-state index in [1.807, 2.05) is 0 Å². The summed E-state index contributed by atoms with van der Waals surface area (Å²) in [5.74, 6) is -0.348. The molecule has 16 heavy (non-hydrogen) atoms. The summed E-state index contributed by atoms with van der Waals surface area (Å²) in [6.07, 6.45) is 0. The molecule has 0 atom stereocenters. The zero-order valence-corrected chi connectivity index (χ0v) is 12.7. The maximum atomic E-state index is 10.6. The van der Waals surface area contributed by atoms with Gasteiger partial charge in [0.25, 0.3) is 10.4 Å². The summed E-state index contributed by atoms with van der Waals surface area (Å²) in [4.78, 5) is 10.6. The smallest absolute Gasteiger partial charge is 0.716 e. The Labute approximate surface area is 136 Å². The van der Waals surface area contributed by atoms with Crippen molar-refractivity contribution < 1.29 is 73.3 Å². The van der Waals surface area contributed by atoms with Crippen molar-refractivity contribution in [3.8, 4) is 5.75 Å². The number of hydrogen-bond donors (Lipinski definition) is 1. The van der Waals surface area contributed by atoms with Crippen molar-refractivity contribution in [2.24, 2.45) is 0 Å². The van der Waals surface area contributed by atoms with Crippen LogP contribution in [0.3, 0.4) is 0 Å². The van der Waals surface area contributed by atoms with Crippen LogP contribution in [0.4, 0.5) is 5.69 Å². The second kappa shape index (κ2) is 6.69. The van der Waals surface area contributed by atoms with E-state index in [0.29, 0.717) is 5.69 Å². The Kier molecular flexibility index (Phi) is 6.71. The second-order valence-corrected chi connectivity index (χ2v) is 3.68. The minimum atomic E-state index is -4.75. The fourth-order valence-electron chi connectivity index (χ4n) is 0.915. The number of carbonyl (C=O) groups is 1. The maximum absolute atomic E-state index is 10.6. The van der Waals surface area contributed by atoms with E-state index in [1.54, 1.807) is 0 Å². The molecule has 0 bridgehead atoms. The van der Waals surface area contributed by atoms with Gasteiger partial charge in [-0.1, -0.05) is 0 Å². The van der Waals surface area contributed by atoms with Crippen LogP contribution < -0.4 is 60.9 Å². The third-order valence-electron chi connectivity index (χ3n) is 1.37. The van der Waals surface area contributed by atoms with Crippen LogP contribution in [0.5, 0.6) is 5.75 Å². The molecule has 1 aromatic rings. The topological polar surface area (TPSA) is 95.5 Å². The molecule has 0 saturated carbocycles. The number of amides is 1. The second-order valence-electron chi connectivity index (χ2n) is 2.70. The quantitative estimate of drug-likeness (QED) is 0.371. The van der Waals surface area contributed by atoms with Gasteiger partial charge in [0.1, 0.15) is 5.75 Å². The van der Waals surface area contributed by atoms with Gasteiger partial charge in [-0.25, -0.2) is 8.42 Å². The number of anilines is 1. The molecular formula is C8H8KNO5S. The monoisotopic (exact) mass is 269 g/mol. The average molecular weight is 269 g/mol. The summed E-state index contributed by atoms with van der Waals surface area (Å²) >= 11 is 0. The van der Waals surface area contributed by atoms with Gasteiger partial charge in [0.05, 0.1) is 0 Å². The summed E-state index contributed by atoms with van der Waals surface area (Å²) in [5, 5.41) is 2.47. The number of benzene rings is 1. The van der Waals surface area contributed by atoms with E-state index >= 15 is 0 Å². The van der Waals surface area contributed by atoms with Gasteiger partial charge in [-0.3, -0.25) is 4.79 Å². The van der Waals surface area contributed by atoms with Gasteiger partial charge in [0.2, 0.25) is 5.91 Å². The van der Waals surface area contributed by atoms with Gasteiger partial charge in [0, 0.05) is 12.6 Å². The van der Waals surface area contributed by atoms with Crippen molar-refractivity contribution in [1.82, 2.24) is 0 Å². The standard InChI is InChI=1S/C8H9NO5S.K/c1-6(10)9-7-2-4-8(5-3-7)14-15(11,12)13;/h2-5H,1H3,(H,9,10)(H,11,12,13);/q;+1/p-1. The Morgan fingerprint density at radius 1 is 1.31 bits per heavy atom. The van der Waals surface area contributed by atoms with Crippen molar-refractivity contribution in [1.29, 1.82) is 0 Å². The molecule has 82 valence electrons. The Bertz CT molecular complexity index is 456. The molecule has 6 nitrogen and oxygen atoms in total. The van der Waals surface area contributed by atoms with Crippen LogP contribution in [0.15, 0.2) is 24.3 Å². The van der Waals surface area contributed by atoms with Crippen molar-refractivity contribution in [3.63, 3.8) is 0 Å². The molecule has 0 aliphatic rings. The largest absolute Gasteiger partial charge is 1.00 e. The van der Waals surface area contributed by atoms with Crippen LogP contribution in [-0.2, 0) is 15.2 Å². The van der Waals surface area contributed by atoms with Gasteiger partial charge < -0.3 is 14.1 Å². The van der Waals surface area contributed by atoms with Crippen LogP contribution >= 0.6 is 0 Å². The van der Waals surface area contributed by atoms with E-state index in [9.17, 15) is 17.8 Å². The first-order chi connectivity index (χ1) is 6.87. The molecule has 0 aromatic heterocycles. The summed E-state index contributed by atoms with van der Waals surface area (Å²) in [6, 6.07) is 5.37. The third-order valence-corrected chi connectivity index (χ3v) is 1.77. The van der Waals surface area contributed by atoms with Crippen LogP contribution in [0.2, 0.25) is 0 Å².